The predicted octanol–water partition coefficient (Wildman–Crippen LogP) is 2.26. The number of aromatic nitrogens is 2. The molecule has 1 amide bonds. The first-order valence-corrected chi connectivity index (χ1v) is 9.40. The monoisotopic (exact) mass is 374 g/mol. The fraction of sp³-hybridized carbons (Fsp3) is 0.227. The molecule has 0 bridgehead atoms. The van der Waals surface area contributed by atoms with Crippen LogP contribution in [0.5, 0.6) is 0 Å². The van der Waals surface area contributed by atoms with E-state index in [-0.39, 0.29) is 18.0 Å². The van der Waals surface area contributed by atoms with Gasteiger partial charge in [-0.25, -0.2) is 4.98 Å². The van der Waals surface area contributed by atoms with Crippen molar-refractivity contribution >= 4 is 11.6 Å². The van der Waals surface area contributed by atoms with E-state index in [1.807, 2.05) is 53.4 Å². The van der Waals surface area contributed by atoms with Gasteiger partial charge in [-0.3, -0.25) is 14.2 Å². The molecular weight excluding hydrogens is 352 g/mol. The van der Waals surface area contributed by atoms with Crippen molar-refractivity contribution in [2.24, 2.45) is 0 Å². The van der Waals surface area contributed by atoms with E-state index in [2.05, 4.69) is 22.0 Å². The number of carbonyl (C=O) groups excluding carboxylic acids is 1. The van der Waals surface area contributed by atoms with Gasteiger partial charge in [0.2, 0.25) is 5.91 Å². The van der Waals surface area contributed by atoms with Crippen LogP contribution in [0.1, 0.15) is 0 Å². The van der Waals surface area contributed by atoms with Gasteiger partial charge in [0.25, 0.3) is 5.56 Å². The number of piperazine rings is 1. The van der Waals surface area contributed by atoms with Crippen molar-refractivity contribution in [1.29, 1.82) is 0 Å². The molecule has 0 N–H and O–H groups in total. The number of carbonyl (C=O) groups is 1. The first-order chi connectivity index (χ1) is 13.7. The van der Waals surface area contributed by atoms with Gasteiger partial charge in [-0.05, 0) is 12.1 Å². The molecule has 1 aliphatic rings. The lowest BCUT2D eigenvalue weighted by molar-refractivity contribution is -0.132. The van der Waals surface area contributed by atoms with Gasteiger partial charge in [0.05, 0.1) is 12.0 Å². The van der Waals surface area contributed by atoms with E-state index in [1.165, 1.54) is 22.6 Å². The summed E-state index contributed by atoms with van der Waals surface area (Å²) in [5.41, 5.74) is 2.46. The number of nitrogens with zero attached hydrogens (tertiary/aromatic N) is 4. The van der Waals surface area contributed by atoms with Crippen molar-refractivity contribution in [1.82, 2.24) is 14.5 Å². The van der Waals surface area contributed by atoms with Crippen molar-refractivity contribution < 1.29 is 4.79 Å². The number of benzene rings is 2. The Morgan fingerprint density at radius 2 is 1.54 bits per heavy atom. The average Bonchev–Trinajstić information content (AvgIpc) is 2.76. The van der Waals surface area contributed by atoms with Gasteiger partial charge in [0.1, 0.15) is 6.54 Å². The maximum Gasteiger partial charge on any atom is 0.254 e. The number of para-hydroxylation sites is 1. The Balaban J connectivity index is 1.38. The van der Waals surface area contributed by atoms with Gasteiger partial charge in [-0.2, -0.15) is 0 Å². The third-order valence-electron chi connectivity index (χ3n) is 5.01. The van der Waals surface area contributed by atoms with Crippen LogP contribution in [-0.4, -0.2) is 46.5 Å². The summed E-state index contributed by atoms with van der Waals surface area (Å²) in [6.45, 7) is 2.90. The smallest absolute Gasteiger partial charge is 0.254 e. The molecule has 0 spiro atoms. The normalized spacial score (nSPS) is 14.1. The second-order valence-electron chi connectivity index (χ2n) is 6.81. The molecule has 3 aromatic rings. The maximum absolute atomic E-state index is 12.6. The van der Waals surface area contributed by atoms with E-state index in [9.17, 15) is 9.59 Å². The molecule has 1 saturated heterocycles. The summed E-state index contributed by atoms with van der Waals surface area (Å²) in [6.07, 6.45) is 1.46. The van der Waals surface area contributed by atoms with Crippen LogP contribution < -0.4 is 10.5 Å². The molecular formula is C22H22N4O2. The zero-order chi connectivity index (χ0) is 19.3. The number of anilines is 1. The fourth-order valence-corrected chi connectivity index (χ4v) is 3.41. The van der Waals surface area contributed by atoms with E-state index in [1.54, 1.807) is 0 Å². The quantitative estimate of drug-likeness (QED) is 0.703. The Labute approximate surface area is 163 Å². The van der Waals surface area contributed by atoms with E-state index in [0.717, 1.165) is 18.7 Å². The highest BCUT2D eigenvalue weighted by Gasteiger charge is 2.21. The molecule has 0 radical (unpaired) electrons. The van der Waals surface area contributed by atoms with Crippen molar-refractivity contribution in [2.75, 3.05) is 31.1 Å². The molecule has 6 nitrogen and oxygen atoms in total. The summed E-state index contributed by atoms with van der Waals surface area (Å²) in [5.74, 6) is -0.0518. The number of hydrogen-bond donors (Lipinski definition) is 0. The van der Waals surface area contributed by atoms with E-state index in [0.29, 0.717) is 18.8 Å². The lowest BCUT2D eigenvalue weighted by Crippen LogP contribution is -2.50. The molecule has 4 rings (SSSR count). The van der Waals surface area contributed by atoms with Gasteiger partial charge in [0.15, 0.2) is 0 Å². The number of hydrogen-bond acceptors (Lipinski definition) is 4. The molecule has 0 unspecified atom stereocenters. The fourth-order valence-electron chi connectivity index (χ4n) is 3.41. The number of amides is 1. The summed E-state index contributed by atoms with van der Waals surface area (Å²) < 4.78 is 1.37. The summed E-state index contributed by atoms with van der Waals surface area (Å²) in [7, 11) is 0. The zero-order valence-corrected chi connectivity index (χ0v) is 15.6. The van der Waals surface area contributed by atoms with Gasteiger partial charge in [0, 0.05) is 43.5 Å². The van der Waals surface area contributed by atoms with Gasteiger partial charge < -0.3 is 9.80 Å². The summed E-state index contributed by atoms with van der Waals surface area (Å²) in [6, 6.07) is 21.2. The largest absolute Gasteiger partial charge is 0.368 e. The van der Waals surface area contributed by atoms with Crippen LogP contribution in [0.15, 0.2) is 77.9 Å². The maximum atomic E-state index is 12.6. The zero-order valence-electron chi connectivity index (χ0n) is 15.6. The van der Waals surface area contributed by atoms with Crippen molar-refractivity contribution in [3.8, 4) is 11.3 Å². The van der Waals surface area contributed by atoms with E-state index < -0.39 is 0 Å². The average molecular weight is 374 g/mol. The van der Waals surface area contributed by atoms with Crippen LogP contribution in [0, 0.1) is 0 Å². The summed E-state index contributed by atoms with van der Waals surface area (Å²) in [5, 5.41) is 0. The molecule has 142 valence electrons. The lowest BCUT2D eigenvalue weighted by atomic mass is 10.1. The molecule has 1 aliphatic heterocycles. The molecule has 6 heteroatoms. The Kier molecular flexibility index (Phi) is 5.19. The van der Waals surface area contributed by atoms with Gasteiger partial charge >= 0.3 is 0 Å². The second-order valence-corrected chi connectivity index (χ2v) is 6.81. The van der Waals surface area contributed by atoms with Crippen molar-refractivity contribution in [2.45, 2.75) is 6.54 Å². The molecule has 28 heavy (non-hydrogen) atoms. The van der Waals surface area contributed by atoms with Crippen LogP contribution in [0.25, 0.3) is 11.3 Å². The molecule has 0 saturated carbocycles. The minimum atomic E-state index is -0.217. The minimum Gasteiger partial charge on any atom is -0.368 e. The van der Waals surface area contributed by atoms with Gasteiger partial charge in [-0.15, -0.1) is 0 Å². The van der Waals surface area contributed by atoms with Crippen LogP contribution in [0.4, 0.5) is 5.69 Å². The van der Waals surface area contributed by atoms with Crippen LogP contribution in [0.3, 0.4) is 0 Å². The van der Waals surface area contributed by atoms with Crippen molar-refractivity contribution in [3.63, 3.8) is 0 Å². The van der Waals surface area contributed by atoms with Crippen LogP contribution >= 0.6 is 0 Å². The summed E-state index contributed by atoms with van der Waals surface area (Å²) >= 11 is 0. The standard InChI is InChI=1S/C22H22N4O2/c27-21-15-20(18-7-3-1-4-8-18)23-17-26(21)16-22(28)25-13-11-24(12-14-25)19-9-5-2-6-10-19/h1-10,15,17H,11-14,16H2. The topological polar surface area (TPSA) is 58.4 Å². The second kappa shape index (κ2) is 8.08. The first kappa shape index (κ1) is 18.0. The highest BCUT2D eigenvalue weighted by atomic mass is 16.2. The van der Waals surface area contributed by atoms with Gasteiger partial charge in [-0.1, -0.05) is 48.5 Å². The third kappa shape index (κ3) is 3.96. The molecule has 1 fully saturated rings. The Hall–Kier alpha value is -3.41. The Morgan fingerprint density at radius 1 is 0.893 bits per heavy atom. The Morgan fingerprint density at radius 3 is 2.18 bits per heavy atom. The highest BCUT2D eigenvalue weighted by Crippen LogP contribution is 2.16. The third-order valence-corrected chi connectivity index (χ3v) is 5.01. The molecule has 2 heterocycles. The predicted molar refractivity (Wildman–Crippen MR) is 109 cm³/mol. The first-order valence-electron chi connectivity index (χ1n) is 9.40. The Bertz CT molecular complexity index is 994. The lowest BCUT2D eigenvalue weighted by Gasteiger charge is -2.36. The summed E-state index contributed by atoms with van der Waals surface area (Å²) in [4.78, 5) is 33.5. The molecule has 1 aromatic heterocycles. The molecule has 2 aromatic carbocycles. The highest BCUT2D eigenvalue weighted by molar-refractivity contribution is 5.76. The van der Waals surface area contributed by atoms with E-state index in [4.69, 9.17) is 0 Å². The minimum absolute atomic E-state index is 0.0201. The van der Waals surface area contributed by atoms with Crippen molar-refractivity contribution in [3.05, 3.63) is 83.4 Å². The number of rotatable bonds is 4. The van der Waals surface area contributed by atoms with Crippen LogP contribution in [0.2, 0.25) is 0 Å². The van der Waals surface area contributed by atoms with Crippen LogP contribution in [-0.2, 0) is 11.3 Å². The molecule has 0 aliphatic carbocycles. The van der Waals surface area contributed by atoms with E-state index >= 15 is 0 Å². The molecule has 0 atom stereocenters. The SMILES string of the molecule is O=C(Cn1cnc(-c2ccccc2)cc1=O)N1CCN(c2ccccc2)CC1.